The van der Waals surface area contributed by atoms with Crippen LogP contribution < -0.4 is 0 Å². The number of halogens is 1. The van der Waals surface area contributed by atoms with Crippen molar-refractivity contribution < 1.29 is 18.4 Å². The largest absolute Gasteiger partial charge is 0.448 e. The summed E-state index contributed by atoms with van der Waals surface area (Å²) in [6, 6.07) is 6.55. The number of rotatable bonds is 4. The van der Waals surface area contributed by atoms with Gasteiger partial charge in [0.25, 0.3) is 5.91 Å². The van der Waals surface area contributed by atoms with E-state index in [4.69, 9.17) is 4.42 Å². The van der Waals surface area contributed by atoms with Gasteiger partial charge in [0.1, 0.15) is 11.6 Å². The van der Waals surface area contributed by atoms with Crippen LogP contribution in [0, 0.1) is 11.2 Å². The monoisotopic (exact) mass is 385 g/mol. The molecular formula is C21H24FN3O3. The van der Waals surface area contributed by atoms with Gasteiger partial charge in [0.15, 0.2) is 12.1 Å². The Hall–Kier alpha value is -2.70. The number of carbonyl (C=O) groups excluding carboxylic acids is 2. The van der Waals surface area contributed by atoms with Crippen LogP contribution in [0.4, 0.5) is 4.39 Å². The molecule has 2 aromatic rings. The van der Waals surface area contributed by atoms with E-state index < -0.39 is 5.41 Å². The number of benzene rings is 1. The van der Waals surface area contributed by atoms with Crippen molar-refractivity contribution in [1.29, 1.82) is 0 Å². The van der Waals surface area contributed by atoms with Gasteiger partial charge in [-0.2, -0.15) is 0 Å². The Bertz CT molecular complexity index is 897. The highest BCUT2D eigenvalue weighted by molar-refractivity contribution is 5.94. The van der Waals surface area contributed by atoms with E-state index in [1.165, 1.54) is 12.5 Å². The Morgan fingerprint density at radius 2 is 2.11 bits per heavy atom. The summed E-state index contributed by atoms with van der Waals surface area (Å²) < 4.78 is 19.3. The fourth-order valence-electron chi connectivity index (χ4n) is 4.41. The van der Waals surface area contributed by atoms with Crippen LogP contribution >= 0.6 is 0 Å². The molecule has 0 bridgehead atoms. The van der Waals surface area contributed by atoms with E-state index in [0.29, 0.717) is 49.5 Å². The molecule has 2 fully saturated rings. The van der Waals surface area contributed by atoms with Crippen molar-refractivity contribution in [2.75, 3.05) is 19.6 Å². The molecule has 4 rings (SSSR count). The number of hydrogen-bond acceptors (Lipinski definition) is 4. The number of oxazole rings is 1. The lowest BCUT2D eigenvalue weighted by Crippen LogP contribution is -2.50. The van der Waals surface area contributed by atoms with E-state index in [-0.39, 0.29) is 24.2 Å². The second kappa shape index (κ2) is 7.37. The van der Waals surface area contributed by atoms with Crippen molar-refractivity contribution in [3.8, 4) is 0 Å². The van der Waals surface area contributed by atoms with Crippen LogP contribution in [0.1, 0.15) is 48.0 Å². The molecule has 0 aliphatic carbocycles. The van der Waals surface area contributed by atoms with E-state index in [1.54, 1.807) is 28.0 Å². The number of amides is 2. The molecule has 1 spiro atoms. The van der Waals surface area contributed by atoms with E-state index in [2.05, 4.69) is 4.98 Å². The summed E-state index contributed by atoms with van der Waals surface area (Å²) >= 11 is 0. The molecule has 2 amide bonds. The van der Waals surface area contributed by atoms with Crippen LogP contribution in [0.5, 0.6) is 0 Å². The third-order valence-electron chi connectivity index (χ3n) is 5.95. The maximum absolute atomic E-state index is 14.0. The molecule has 0 radical (unpaired) electrons. The van der Waals surface area contributed by atoms with E-state index in [9.17, 15) is 14.0 Å². The van der Waals surface area contributed by atoms with Crippen molar-refractivity contribution in [3.63, 3.8) is 0 Å². The van der Waals surface area contributed by atoms with Crippen LogP contribution in [-0.2, 0) is 17.8 Å². The minimum Gasteiger partial charge on any atom is -0.448 e. The van der Waals surface area contributed by atoms with Crippen LogP contribution in [0.2, 0.25) is 0 Å². The summed E-state index contributed by atoms with van der Waals surface area (Å²) in [5.74, 6) is 0.119. The van der Waals surface area contributed by atoms with Crippen molar-refractivity contribution in [2.45, 2.75) is 39.2 Å². The molecule has 1 atom stereocenters. The molecule has 2 aliphatic heterocycles. The number of aryl methyl sites for hydroxylation is 1. The molecule has 0 unspecified atom stereocenters. The SMILES string of the molecule is CCc1ocnc1C(=O)N1CC[C@]2(CCCN(Cc3ccccc3F)C2=O)C1. The quantitative estimate of drug-likeness (QED) is 0.811. The van der Waals surface area contributed by atoms with Crippen molar-refractivity contribution >= 4 is 11.8 Å². The predicted molar refractivity (Wildman–Crippen MR) is 99.9 cm³/mol. The van der Waals surface area contributed by atoms with Gasteiger partial charge in [-0.15, -0.1) is 0 Å². The van der Waals surface area contributed by atoms with Gasteiger partial charge < -0.3 is 14.2 Å². The topological polar surface area (TPSA) is 66.7 Å². The maximum Gasteiger partial charge on any atom is 0.276 e. The zero-order chi connectivity index (χ0) is 19.7. The summed E-state index contributed by atoms with van der Waals surface area (Å²) in [4.78, 5) is 33.7. The average molecular weight is 385 g/mol. The molecule has 1 aromatic carbocycles. The molecule has 3 heterocycles. The minimum absolute atomic E-state index is 0.0215. The number of carbonyl (C=O) groups is 2. The number of nitrogens with zero attached hydrogens (tertiary/aromatic N) is 3. The summed E-state index contributed by atoms with van der Waals surface area (Å²) in [6.45, 7) is 3.70. The lowest BCUT2D eigenvalue weighted by molar-refractivity contribution is -0.146. The van der Waals surface area contributed by atoms with E-state index in [1.807, 2.05) is 6.92 Å². The van der Waals surface area contributed by atoms with E-state index in [0.717, 1.165) is 12.8 Å². The molecule has 7 heteroatoms. The van der Waals surface area contributed by atoms with Gasteiger partial charge in [0.2, 0.25) is 5.91 Å². The molecule has 0 N–H and O–H groups in total. The number of piperidine rings is 1. The molecule has 1 aromatic heterocycles. The standard InChI is InChI=1S/C21H24FN3O3/c1-2-17-18(23-14-28-17)19(26)25-11-9-21(13-25)8-5-10-24(20(21)27)12-15-6-3-4-7-16(15)22/h3-4,6-7,14H,2,5,8-13H2,1H3/t21-/m1/s1. The van der Waals surface area contributed by atoms with Crippen LogP contribution in [0.15, 0.2) is 35.1 Å². The first-order chi connectivity index (χ1) is 13.5. The van der Waals surface area contributed by atoms with Gasteiger partial charge >= 0.3 is 0 Å². The van der Waals surface area contributed by atoms with Crippen molar-refractivity contribution in [1.82, 2.24) is 14.8 Å². The molecule has 2 aliphatic rings. The third-order valence-corrected chi connectivity index (χ3v) is 5.95. The number of hydrogen-bond donors (Lipinski definition) is 0. The van der Waals surface area contributed by atoms with Gasteiger partial charge in [0, 0.05) is 38.2 Å². The Morgan fingerprint density at radius 1 is 1.29 bits per heavy atom. The van der Waals surface area contributed by atoms with Crippen molar-refractivity contribution in [2.24, 2.45) is 5.41 Å². The van der Waals surface area contributed by atoms with Crippen LogP contribution in [-0.4, -0.2) is 46.2 Å². The smallest absolute Gasteiger partial charge is 0.276 e. The van der Waals surface area contributed by atoms with Gasteiger partial charge in [-0.25, -0.2) is 9.37 Å². The third kappa shape index (κ3) is 3.19. The second-order valence-electron chi connectivity index (χ2n) is 7.66. The van der Waals surface area contributed by atoms with Crippen molar-refractivity contribution in [3.05, 3.63) is 53.5 Å². The van der Waals surface area contributed by atoms with Crippen LogP contribution in [0.3, 0.4) is 0 Å². The molecule has 6 nitrogen and oxygen atoms in total. The molecule has 28 heavy (non-hydrogen) atoms. The molecule has 148 valence electrons. The number of aromatic nitrogens is 1. The van der Waals surface area contributed by atoms with Gasteiger partial charge in [0.05, 0.1) is 5.41 Å². The molecule has 2 saturated heterocycles. The summed E-state index contributed by atoms with van der Waals surface area (Å²) in [5.41, 5.74) is 0.287. The summed E-state index contributed by atoms with van der Waals surface area (Å²) in [5, 5.41) is 0. The van der Waals surface area contributed by atoms with E-state index >= 15 is 0 Å². The molecule has 0 saturated carbocycles. The fraction of sp³-hybridized carbons (Fsp3) is 0.476. The lowest BCUT2D eigenvalue weighted by Gasteiger charge is -2.39. The van der Waals surface area contributed by atoms with Gasteiger partial charge in [-0.1, -0.05) is 25.1 Å². The number of likely N-dealkylation sites (tertiary alicyclic amines) is 2. The highest BCUT2D eigenvalue weighted by atomic mass is 19.1. The predicted octanol–water partition coefficient (Wildman–Crippen LogP) is 3.03. The average Bonchev–Trinajstić information content (AvgIpc) is 3.34. The second-order valence-corrected chi connectivity index (χ2v) is 7.66. The lowest BCUT2D eigenvalue weighted by atomic mass is 9.78. The van der Waals surface area contributed by atoms with Gasteiger partial charge in [-0.3, -0.25) is 9.59 Å². The maximum atomic E-state index is 14.0. The Morgan fingerprint density at radius 3 is 2.89 bits per heavy atom. The Kier molecular flexibility index (Phi) is 4.91. The zero-order valence-electron chi connectivity index (χ0n) is 16.0. The molecular weight excluding hydrogens is 361 g/mol. The van der Waals surface area contributed by atoms with Crippen LogP contribution in [0.25, 0.3) is 0 Å². The zero-order valence-corrected chi connectivity index (χ0v) is 16.0. The van der Waals surface area contributed by atoms with Gasteiger partial charge in [-0.05, 0) is 25.3 Å². The Labute approximate surface area is 163 Å². The summed E-state index contributed by atoms with van der Waals surface area (Å²) in [7, 11) is 0. The normalized spacial score (nSPS) is 22.3. The Balaban J connectivity index is 1.50. The highest BCUT2D eigenvalue weighted by Crippen LogP contribution is 2.41. The fourth-order valence-corrected chi connectivity index (χ4v) is 4.41. The first-order valence-electron chi connectivity index (χ1n) is 9.78. The summed E-state index contributed by atoms with van der Waals surface area (Å²) in [6.07, 6.45) is 4.12. The first-order valence-corrected chi connectivity index (χ1v) is 9.78. The first kappa shape index (κ1) is 18.7. The highest BCUT2D eigenvalue weighted by Gasteiger charge is 2.49. The minimum atomic E-state index is -0.574.